The second-order valence-corrected chi connectivity index (χ2v) is 2.91. The standard InChI is InChI=1S/C6H13O.Y/c1-6(2,3)5-7-4;/h4-5H2,1-3H3;/q-1;. The summed E-state index contributed by atoms with van der Waals surface area (Å²) in [6.45, 7) is 7.06. The molecule has 0 bridgehead atoms. The Kier molecular flexibility index (Phi) is 7.23. The van der Waals surface area contributed by atoms with Crippen LogP contribution in [0, 0.1) is 12.5 Å². The molecule has 2 heteroatoms. The van der Waals surface area contributed by atoms with Gasteiger partial charge in [-0.1, -0.05) is 20.8 Å². The Morgan fingerprint density at radius 2 is 1.75 bits per heavy atom. The minimum Gasteiger partial charge on any atom is -0.555 e. The molecule has 0 saturated heterocycles. The summed E-state index contributed by atoms with van der Waals surface area (Å²) >= 11 is 0. The average molecular weight is 190 g/mol. The number of rotatable bonds is 1. The summed E-state index contributed by atoms with van der Waals surface area (Å²) in [5, 5.41) is 0. The van der Waals surface area contributed by atoms with Gasteiger partial charge in [-0.2, -0.15) is 0 Å². The molecule has 0 saturated carbocycles. The summed E-state index contributed by atoms with van der Waals surface area (Å²) in [4.78, 5) is 0. The predicted molar refractivity (Wildman–Crippen MR) is 30.8 cm³/mol. The summed E-state index contributed by atoms with van der Waals surface area (Å²) in [5.74, 6) is 0. The van der Waals surface area contributed by atoms with E-state index in [1.54, 1.807) is 0 Å². The molecule has 0 aliphatic carbocycles. The van der Waals surface area contributed by atoms with E-state index in [-0.39, 0.29) is 38.1 Å². The van der Waals surface area contributed by atoms with Gasteiger partial charge in [-0.3, -0.25) is 0 Å². The molecule has 0 aromatic heterocycles. The molecular formula is C6H13OY-. The maximum Gasteiger partial charge on any atom is 0.0160 e. The van der Waals surface area contributed by atoms with Gasteiger partial charge in [0, 0.05) is 39.3 Å². The van der Waals surface area contributed by atoms with E-state index in [1.165, 1.54) is 0 Å². The summed E-state index contributed by atoms with van der Waals surface area (Å²) in [6.07, 6.45) is 0. The van der Waals surface area contributed by atoms with E-state index in [0.29, 0.717) is 0 Å². The Hall–Kier alpha value is 1.06. The number of hydrogen-bond acceptors (Lipinski definition) is 1. The monoisotopic (exact) mass is 190 g/mol. The average Bonchev–Trinajstić information content (AvgIpc) is 1.30. The van der Waals surface area contributed by atoms with Crippen LogP contribution in [0.2, 0.25) is 0 Å². The van der Waals surface area contributed by atoms with E-state index in [0.717, 1.165) is 6.61 Å². The van der Waals surface area contributed by atoms with Crippen LogP contribution >= 0.6 is 0 Å². The van der Waals surface area contributed by atoms with E-state index >= 15 is 0 Å². The fourth-order valence-electron chi connectivity index (χ4n) is 0.306. The first-order valence-corrected chi connectivity index (χ1v) is 2.43. The predicted octanol–water partition coefficient (Wildman–Crippen LogP) is 1.84. The third-order valence-electron chi connectivity index (χ3n) is 0.535. The molecule has 0 unspecified atom stereocenters. The Labute approximate surface area is 77.1 Å². The third-order valence-corrected chi connectivity index (χ3v) is 0.535. The van der Waals surface area contributed by atoms with Crippen molar-refractivity contribution in [3.8, 4) is 0 Å². The molecule has 1 radical (unpaired) electrons. The van der Waals surface area contributed by atoms with Crippen LogP contribution in [0.3, 0.4) is 0 Å². The van der Waals surface area contributed by atoms with Crippen LogP contribution in [0.4, 0.5) is 0 Å². The third kappa shape index (κ3) is 10.1. The molecule has 0 rings (SSSR count). The zero-order valence-electron chi connectivity index (χ0n) is 5.90. The molecule has 0 aliphatic rings. The van der Waals surface area contributed by atoms with E-state index in [4.69, 9.17) is 0 Å². The van der Waals surface area contributed by atoms with Gasteiger partial charge < -0.3 is 4.74 Å². The van der Waals surface area contributed by atoms with Gasteiger partial charge in [0.25, 0.3) is 0 Å². The fourth-order valence-corrected chi connectivity index (χ4v) is 0.306. The van der Waals surface area contributed by atoms with Crippen LogP contribution in [0.25, 0.3) is 0 Å². The molecule has 0 spiro atoms. The van der Waals surface area contributed by atoms with Crippen molar-refractivity contribution in [3.05, 3.63) is 7.11 Å². The molecule has 0 amide bonds. The molecule has 0 aromatic carbocycles. The Morgan fingerprint density at radius 3 is 1.75 bits per heavy atom. The molecule has 0 heterocycles. The zero-order valence-corrected chi connectivity index (χ0v) is 8.74. The van der Waals surface area contributed by atoms with Crippen LogP contribution in [-0.4, -0.2) is 6.61 Å². The topological polar surface area (TPSA) is 9.23 Å². The minimum absolute atomic E-state index is 0. The quantitative estimate of drug-likeness (QED) is 0.573. The van der Waals surface area contributed by atoms with Crippen LogP contribution in [-0.2, 0) is 37.4 Å². The van der Waals surface area contributed by atoms with Crippen LogP contribution in [0.15, 0.2) is 0 Å². The molecule has 1 nitrogen and oxygen atoms in total. The molecule has 8 heavy (non-hydrogen) atoms. The van der Waals surface area contributed by atoms with Crippen molar-refractivity contribution in [3.63, 3.8) is 0 Å². The van der Waals surface area contributed by atoms with E-state index in [1.807, 2.05) is 0 Å². The van der Waals surface area contributed by atoms with Crippen molar-refractivity contribution in [2.45, 2.75) is 20.8 Å². The van der Waals surface area contributed by atoms with Crippen molar-refractivity contribution in [1.29, 1.82) is 0 Å². The number of ether oxygens (including phenoxy) is 1. The van der Waals surface area contributed by atoms with Gasteiger partial charge in [0.2, 0.25) is 0 Å². The Balaban J connectivity index is 0. The Bertz CT molecular complexity index is 47.0. The summed E-state index contributed by atoms with van der Waals surface area (Å²) < 4.78 is 4.66. The first kappa shape index (κ1) is 11.8. The molecule has 0 atom stereocenters. The summed E-state index contributed by atoms with van der Waals surface area (Å²) in [5.41, 5.74) is 0.266. The van der Waals surface area contributed by atoms with Crippen molar-refractivity contribution < 1.29 is 37.4 Å². The van der Waals surface area contributed by atoms with Gasteiger partial charge in [0.1, 0.15) is 0 Å². The van der Waals surface area contributed by atoms with Gasteiger partial charge in [-0.15, -0.1) is 0 Å². The van der Waals surface area contributed by atoms with Gasteiger partial charge in [-0.25, -0.2) is 7.11 Å². The van der Waals surface area contributed by atoms with Gasteiger partial charge in [0.15, 0.2) is 0 Å². The largest absolute Gasteiger partial charge is 0.555 e. The summed E-state index contributed by atoms with van der Waals surface area (Å²) in [7, 11) is 3.27. The molecule has 47 valence electrons. The SMILES string of the molecule is [CH2-]OCC(C)(C)C.[Y]. The molecule has 0 aliphatic heterocycles. The second-order valence-electron chi connectivity index (χ2n) is 2.91. The first-order chi connectivity index (χ1) is 3.06. The van der Waals surface area contributed by atoms with Crippen molar-refractivity contribution in [2.75, 3.05) is 6.61 Å². The van der Waals surface area contributed by atoms with Crippen molar-refractivity contribution >= 4 is 0 Å². The van der Waals surface area contributed by atoms with Gasteiger partial charge in [0.05, 0.1) is 0 Å². The second kappa shape index (κ2) is 4.90. The van der Waals surface area contributed by atoms with E-state index in [2.05, 4.69) is 32.6 Å². The van der Waals surface area contributed by atoms with Crippen molar-refractivity contribution in [2.24, 2.45) is 5.41 Å². The van der Waals surface area contributed by atoms with Crippen LogP contribution in [0.5, 0.6) is 0 Å². The van der Waals surface area contributed by atoms with Crippen molar-refractivity contribution in [1.82, 2.24) is 0 Å². The molecule has 0 fully saturated rings. The van der Waals surface area contributed by atoms with E-state index < -0.39 is 0 Å². The first-order valence-electron chi connectivity index (χ1n) is 2.43. The molecule has 0 N–H and O–H groups in total. The van der Waals surface area contributed by atoms with Crippen LogP contribution in [0.1, 0.15) is 20.8 Å². The van der Waals surface area contributed by atoms with Gasteiger partial charge in [-0.05, 0) is 5.41 Å². The maximum absolute atomic E-state index is 4.66. The fraction of sp³-hybridized carbons (Fsp3) is 0.833. The molecular weight excluding hydrogens is 177 g/mol. The van der Waals surface area contributed by atoms with E-state index in [9.17, 15) is 0 Å². The minimum atomic E-state index is 0. The summed E-state index contributed by atoms with van der Waals surface area (Å²) in [6, 6.07) is 0. The number of hydrogen-bond donors (Lipinski definition) is 0. The maximum atomic E-state index is 4.66. The molecule has 0 aromatic rings. The smallest absolute Gasteiger partial charge is 0.0160 e. The zero-order chi connectivity index (χ0) is 5.91. The van der Waals surface area contributed by atoms with Gasteiger partial charge >= 0.3 is 0 Å². The normalized spacial score (nSPS) is 10.5. The van der Waals surface area contributed by atoms with Crippen LogP contribution < -0.4 is 0 Å². The Morgan fingerprint density at radius 1 is 1.38 bits per heavy atom.